The molecule has 0 radical (unpaired) electrons. The van der Waals surface area contributed by atoms with E-state index in [1.807, 2.05) is 50.2 Å². The second kappa shape index (κ2) is 6.79. The number of benzene rings is 1. The standard InChI is InChI=1S/C17H20N2O2/c1-12-11-13(2)21-17(12)14(3)18-19-16(20)10-9-15-7-5-4-6-8-15/h4-8,11,18H,3,9-10H2,1-2H3,(H,19,20). The monoisotopic (exact) mass is 284 g/mol. The first-order valence-corrected chi connectivity index (χ1v) is 6.91. The van der Waals surface area contributed by atoms with Gasteiger partial charge >= 0.3 is 0 Å². The lowest BCUT2D eigenvalue weighted by molar-refractivity contribution is -0.121. The maximum Gasteiger partial charge on any atom is 0.238 e. The fraction of sp³-hybridized carbons (Fsp3) is 0.235. The van der Waals surface area contributed by atoms with E-state index >= 15 is 0 Å². The molecule has 2 N–H and O–H groups in total. The van der Waals surface area contributed by atoms with Gasteiger partial charge < -0.3 is 4.42 Å². The molecular weight excluding hydrogens is 264 g/mol. The minimum absolute atomic E-state index is 0.0825. The Morgan fingerprint density at radius 3 is 2.52 bits per heavy atom. The summed E-state index contributed by atoms with van der Waals surface area (Å²) in [6.07, 6.45) is 1.13. The Hall–Kier alpha value is -2.49. The van der Waals surface area contributed by atoms with E-state index in [1.54, 1.807) is 0 Å². The van der Waals surface area contributed by atoms with Crippen molar-refractivity contribution in [1.82, 2.24) is 10.9 Å². The molecule has 4 nitrogen and oxygen atoms in total. The summed E-state index contributed by atoms with van der Waals surface area (Å²) in [5.41, 5.74) is 8.12. The predicted octanol–water partition coefficient (Wildman–Crippen LogP) is 3.12. The summed E-state index contributed by atoms with van der Waals surface area (Å²) in [5, 5.41) is 0. The molecule has 0 unspecified atom stereocenters. The van der Waals surface area contributed by atoms with Crippen LogP contribution in [-0.4, -0.2) is 5.91 Å². The Morgan fingerprint density at radius 2 is 1.90 bits per heavy atom. The topological polar surface area (TPSA) is 54.3 Å². The molecule has 0 spiro atoms. The molecule has 110 valence electrons. The highest BCUT2D eigenvalue weighted by Gasteiger charge is 2.09. The molecule has 0 saturated heterocycles. The van der Waals surface area contributed by atoms with Crippen molar-refractivity contribution in [1.29, 1.82) is 0 Å². The van der Waals surface area contributed by atoms with Crippen LogP contribution in [0, 0.1) is 13.8 Å². The van der Waals surface area contributed by atoms with Crippen molar-refractivity contribution in [2.45, 2.75) is 26.7 Å². The van der Waals surface area contributed by atoms with Crippen LogP contribution in [0.25, 0.3) is 5.70 Å². The largest absolute Gasteiger partial charge is 0.460 e. The average molecular weight is 284 g/mol. The Labute approximate surface area is 124 Å². The molecule has 2 aromatic rings. The van der Waals surface area contributed by atoms with Gasteiger partial charge in [0.25, 0.3) is 0 Å². The van der Waals surface area contributed by atoms with Crippen molar-refractivity contribution in [3.63, 3.8) is 0 Å². The minimum atomic E-state index is -0.0825. The van der Waals surface area contributed by atoms with Gasteiger partial charge in [0.15, 0.2) is 5.76 Å². The summed E-state index contributed by atoms with van der Waals surface area (Å²) in [4.78, 5) is 11.8. The molecule has 0 saturated carbocycles. The van der Waals surface area contributed by atoms with Crippen LogP contribution in [0.2, 0.25) is 0 Å². The summed E-state index contributed by atoms with van der Waals surface area (Å²) >= 11 is 0. The highest BCUT2D eigenvalue weighted by Crippen LogP contribution is 2.18. The molecule has 2 rings (SSSR count). The SMILES string of the molecule is C=C(NNC(=O)CCc1ccccc1)c1oc(C)cc1C. The van der Waals surface area contributed by atoms with Crippen molar-refractivity contribution < 1.29 is 9.21 Å². The molecule has 0 atom stereocenters. The zero-order valence-corrected chi connectivity index (χ0v) is 12.4. The first-order chi connectivity index (χ1) is 10.1. The highest BCUT2D eigenvalue weighted by atomic mass is 16.3. The first-order valence-electron chi connectivity index (χ1n) is 6.91. The minimum Gasteiger partial charge on any atom is -0.460 e. The third kappa shape index (κ3) is 4.24. The Morgan fingerprint density at radius 1 is 1.19 bits per heavy atom. The van der Waals surface area contributed by atoms with Gasteiger partial charge in [0.1, 0.15) is 5.76 Å². The summed E-state index contributed by atoms with van der Waals surface area (Å²) in [6.45, 7) is 7.69. The quantitative estimate of drug-likeness (QED) is 0.801. The van der Waals surface area contributed by atoms with Crippen molar-refractivity contribution >= 4 is 11.6 Å². The van der Waals surface area contributed by atoms with Crippen molar-refractivity contribution in [3.8, 4) is 0 Å². The molecule has 0 aliphatic heterocycles. The van der Waals surface area contributed by atoms with Crippen LogP contribution in [0.4, 0.5) is 0 Å². The number of amides is 1. The zero-order chi connectivity index (χ0) is 15.2. The van der Waals surface area contributed by atoms with Crippen molar-refractivity contribution in [3.05, 3.63) is 65.6 Å². The van der Waals surface area contributed by atoms with Crippen LogP contribution >= 0.6 is 0 Å². The lowest BCUT2D eigenvalue weighted by Gasteiger charge is -2.10. The molecular formula is C17H20N2O2. The van der Waals surface area contributed by atoms with E-state index in [4.69, 9.17) is 4.42 Å². The number of nitrogens with one attached hydrogen (secondary N) is 2. The summed E-state index contributed by atoms with van der Waals surface area (Å²) < 4.78 is 5.52. The van der Waals surface area contributed by atoms with Gasteiger partial charge in [-0.15, -0.1) is 0 Å². The summed E-state index contributed by atoms with van der Waals surface area (Å²) in [6, 6.07) is 11.8. The predicted molar refractivity (Wildman–Crippen MR) is 83.3 cm³/mol. The van der Waals surface area contributed by atoms with E-state index < -0.39 is 0 Å². The van der Waals surface area contributed by atoms with Gasteiger partial charge in [0.2, 0.25) is 5.91 Å². The first kappa shape index (κ1) is 14.9. The number of hydrogen-bond donors (Lipinski definition) is 2. The number of hydrogen-bond acceptors (Lipinski definition) is 3. The molecule has 0 aliphatic rings. The smallest absolute Gasteiger partial charge is 0.238 e. The van der Waals surface area contributed by atoms with Gasteiger partial charge in [-0.3, -0.25) is 15.6 Å². The molecule has 0 bridgehead atoms. The van der Waals surface area contributed by atoms with Gasteiger partial charge in [0, 0.05) is 6.42 Å². The van der Waals surface area contributed by atoms with E-state index in [0.29, 0.717) is 24.3 Å². The van der Waals surface area contributed by atoms with Crippen LogP contribution in [0.3, 0.4) is 0 Å². The van der Waals surface area contributed by atoms with Crippen LogP contribution < -0.4 is 10.9 Å². The fourth-order valence-electron chi connectivity index (χ4n) is 2.11. The van der Waals surface area contributed by atoms with Gasteiger partial charge in [-0.05, 0) is 37.5 Å². The van der Waals surface area contributed by atoms with E-state index in [9.17, 15) is 4.79 Å². The van der Waals surface area contributed by atoms with Gasteiger partial charge in [0.05, 0.1) is 5.70 Å². The molecule has 0 aliphatic carbocycles. The molecule has 1 amide bonds. The fourth-order valence-corrected chi connectivity index (χ4v) is 2.11. The zero-order valence-electron chi connectivity index (χ0n) is 12.4. The molecule has 1 heterocycles. The summed E-state index contributed by atoms with van der Waals surface area (Å²) in [7, 11) is 0. The third-order valence-electron chi connectivity index (χ3n) is 3.15. The second-order valence-corrected chi connectivity index (χ2v) is 5.01. The van der Waals surface area contributed by atoms with E-state index in [-0.39, 0.29) is 5.91 Å². The third-order valence-corrected chi connectivity index (χ3v) is 3.15. The number of carbonyl (C=O) groups excluding carboxylic acids is 1. The Bertz CT molecular complexity index is 629. The van der Waals surface area contributed by atoms with Crippen LogP contribution in [0.5, 0.6) is 0 Å². The summed E-state index contributed by atoms with van der Waals surface area (Å²) in [5.74, 6) is 1.40. The molecule has 4 heteroatoms. The van der Waals surface area contributed by atoms with Crippen LogP contribution in [0.15, 0.2) is 47.4 Å². The highest BCUT2D eigenvalue weighted by molar-refractivity contribution is 5.77. The molecule has 1 aromatic heterocycles. The van der Waals surface area contributed by atoms with Crippen molar-refractivity contribution in [2.75, 3.05) is 0 Å². The maximum absolute atomic E-state index is 11.8. The van der Waals surface area contributed by atoms with E-state index in [2.05, 4.69) is 17.4 Å². The van der Waals surface area contributed by atoms with Gasteiger partial charge in [-0.1, -0.05) is 36.9 Å². The number of hydrazine groups is 1. The van der Waals surface area contributed by atoms with E-state index in [0.717, 1.165) is 16.9 Å². The Kier molecular flexibility index (Phi) is 4.82. The number of furan rings is 1. The van der Waals surface area contributed by atoms with E-state index in [1.165, 1.54) is 0 Å². The molecule has 1 aromatic carbocycles. The van der Waals surface area contributed by atoms with Gasteiger partial charge in [-0.2, -0.15) is 0 Å². The molecule has 21 heavy (non-hydrogen) atoms. The molecule has 0 fully saturated rings. The van der Waals surface area contributed by atoms with Crippen LogP contribution in [-0.2, 0) is 11.2 Å². The normalized spacial score (nSPS) is 10.2. The second-order valence-electron chi connectivity index (χ2n) is 5.01. The number of aryl methyl sites for hydroxylation is 3. The van der Waals surface area contributed by atoms with Crippen molar-refractivity contribution in [2.24, 2.45) is 0 Å². The lowest BCUT2D eigenvalue weighted by Crippen LogP contribution is -2.36. The maximum atomic E-state index is 11.8. The lowest BCUT2D eigenvalue weighted by atomic mass is 10.1. The number of rotatable bonds is 6. The van der Waals surface area contributed by atoms with Gasteiger partial charge in [-0.25, -0.2) is 0 Å². The Balaban J connectivity index is 1.79. The van der Waals surface area contributed by atoms with Crippen LogP contribution in [0.1, 0.15) is 29.1 Å². The average Bonchev–Trinajstić information content (AvgIpc) is 2.82. The number of carbonyl (C=O) groups is 1.